The highest BCUT2D eigenvalue weighted by Crippen LogP contribution is 2.08. The lowest BCUT2D eigenvalue weighted by Crippen LogP contribution is -2.24. The van der Waals surface area contributed by atoms with Gasteiger partial charge in [-0.15, -0.1) is 5.10 Å². The van der Waals surface area contributed by atoms with Gasteiger partial charge < -0.3 is 10.5 Å². The topological polar surface area (TPSA) is 66.0 Å². The van der Waals surface area contributed by atoms with Gasteiger partial charge in [-0.05, 0) is 5.92 Å². The maximum absolute atomic E-state index is 5.44. The number of hydrogen-bond donors (Lipinski definition) is 1. The van der Waals surface area contributed by atoms with Crippen LogP contribution in [0.2, 0.25) is 0 Å². The van der Waals surface area contributed by atoms with E-state index in [1.807, 2.05) is 0 Å². The number of methoxy groups -OCH3 is 1. The van der Waals surface area contributed by atoms with Crippen LogP contribution >= 0.6 is 0 Å². The van der Waals surface area contributed by atoms with Crippen molar-refractivity contribution in [2.24, 2.45) is 5.92 Å². The van der Waals surface area contributed by atoms with Crippen LogP contribution in [-0.4, -0.2) is 28.2 Å². The fourth-order valence-corrected chi connectivity index (χ4v) is 1.14. The molecule has 5 heteroatoms. The van der Waals surface area contributed by atoms with Gasteiger partial charge in [0.15, 0.2) is 5.82 Å². The van der Waals surface area contributed by atoms with Gasteiger partial charge >= 0.3 is 0 Å². The highest BCUT2D eigenvalue weighted by atomic mass is 16.5. The van der Waals surface area contributed by atoms with Crippen LogP contribution in [0.25, 0.3) is 0 Å². The predicted octanol–water partition coefficient (Wildman–Crippen LogP) is 0.531. The Morgan fingerprint density at radius 2 is 2.31 bits per heavy atom. The minimum atomic E-state index is 0.154. The fourth-order valence-electron chi connectivity index (χ4n) is 1.14. The summed E-state index contributed by atoms with van der Waals surface area (Å²) in [5, 5.41) is 7.55. The second kappa shape index (κ2) is 4.23. The second-order valence-electron chi connectivity index (χ2n) is 3.38. The first kappa shape index (κ1) is 9.98. The number of nitrogen functional groups attached to an aromatic ring is 1. The van der Waals surface area contributed by atoms with Crippen LogP contribution in [0, 0.1) is 5.92 Å². The molecule has 1 unspecified atom stereocenters. The zero-order valence-electron chi connectivity index (χ0n) is 8.27. The lowest BCUT2D eigenvalue weighted by Gasteiger charge is -2.18. The summed E-state index contributed by atoms with van der Waals surface area (Å²) in [6.07, 6.45) is 1.86. The minimum absolute atomic E-state index is 0.154. The highest BCUT2D eigenvalue weighted by molar-refractivity contribution is 5.19. The Kier molecular flexibility index (Phi) is 3.25. The molecule has 0 fully saturated rings. The van der Waals surface area contributed by atoms with Crippen molar-refractivity contribution in [2.75, 3.05) is 12.8 Å². The van der Waals surface area contributed by atoms with E-state index in [0.29, 0.717) is 18.3 Å². The SMILES string of the molecule is COC(Cn1cc(N)nn1)C(C)C. The molecule has 0 bridgehead atoms. The summed E-state index contributed by atoms with van der Waals surface area (Å²) in [5.41, 5.74) is 5.44. The second-order valence-corrected chi connectivity index (χ2v) is 3.38. The summed E-state index contributed by atoms with van der Waals surface area (Å²) in [4.78, 5) is 0. The Morgan fingerprint density at radius 3 is 2.69 bits per heavy atom. The van der Waals surface area contributed by atoms with Crippen LogP contribution in [0.1, 0.15) is 13.8 Å². The Morgan fingerprint density at radius 1 is 1.62 bits per heavy atom. The van der Waals surface area contributed by atoms with Crippen molar-refractivity contribution in [3.8, 4) is 0 Å². The zero-order chi connectivity index (χ0) is 9.84. The Balaban J connectivity index is 2.56. The number of nitrogens with two attached hydrogens (primary N) is 1. The molecule has 1 aromatic rings. The van der Waals surface area contributed by atoms with Crippen LogP contribution < -0.4 is 5.73 Å². The van der Waals surface area contributed by atoms with Gasteiger partial charge in [-0.1, -0.05) is 19.1 Å². The van der Waals surface area contributed by atoms with E-state index in [-0.39, 0.29) is 6.10 Å². The van der Waals surface area contributed by atoms with Crippen LogP contribution in [0.5, 0.6) is 0 Å². The van der Waals surface area contributed by atoms with Gasteiger partial charge in [0, 0.05) is 7.11 Å². The van der Waals surface area contributed by atoms with Gasteiger partial charge in [-0.2, -0.15) is 0 Å². The summed E-state index contributed by atoms with van der Waals surface area (Å²) >= 11 is 0. The van der Waals surface area contributed by atoms with E-state index in [4.69, 9.17) is 10.5 Å². The van der Waals surface area contributed by atoms with E-state index >= 15 is 0 Å². The average Bonchev–Trinajstić information content (AvgIpc) is 2.46. The van der Waals surface area contributed by atoms with Crippen molar-refractivity contribution in [3.63, 3.8) is 0 Å². The van der Waals surface area contributed by atoms with Crippen molar-refractivity contribution >= 4 is 5.82 Å². The van der Waals surface area contributed by atoms with E-state index in [1.54, 1.807) is 18.0 Å². The van der Waals surface area contributed by atoms with Crippen molar-refractivity contribution in [3.05, 3.63) is 6.20 Å². The number of hydrogen-bond acceptors (Lipinski definition) is 4. The zero-order valence-corrected chi connectivity index (χ0v) is 8.27. The first-order chi connectivity index (χ1) is 6.13. The van der Waals surface area contributed by atoms with E-state index in [2.05, 4.69) is 24.2 Å². The average molecular weight is 184 g/mol. The standard InChI is InChI=1S/C8H16N4O/c1-6(2)7(13-3)4-12-5-8(9)10-11-12/h5-7H,4,9H2,1-3H3. The summed E-state index contributed by atoms with van der Waals surface area (Å²) in [6.45, 7) is 4.90. The molecule has 1 rings (SSSR count). The minimum Gasteiger partial charge on any atom is -0.381 e. The summed E-state index contributed by atoms with van der Waals surface area (Å²) in [7, 11) is 1.70. The first-order valence-corrected chi connectivity index (χ1v) is 4.32. The molecule has 0 saturated carbocycles. The van der Waals surface area contributed by atoms with Crippen LogP contribution in [0.3, 0.4) is 0 Å². The third-order valence-corrected chi connectivity index (χ3v) is 1.97. The number of rotatable bonds is 4. The lowest BCUT2D eigenvalue weighted by atomic mass is 10.1. The quantitative estimate of drug-likeness (QED) is 0.741. The molecule has 5 nitrogen and oxygen atoms in total. The molecule has 1 atom stereocenters. The number of anilines is 1. The lowest BCUT2D eigenvalue weighted by molar-refractivity contribution is 0.0478. The van der Waals surface area contributed by atoms with E-state index in [0.717, 1.165) is 0 Å². The van der Waals surface area contributed by atoms with Gasteiger partial charge in [0.1, 0.15) is 0 Å². The normalized spacial score (nSPS) is 13.5. The molecule has 74 valence electrons. The molecular formula is C8H16N4O. The molecule has 0 spiro atoms. The maximum atomic E-state index is 5.44. The molecule has 0 aromatic carbocycles. The first-order valence-electron chi connectivity index (χ1n) is 4.32. The molecule has 0 aliphatic carbocycles. The monoisotopic (exact) mass is 184 g/mol. The Hall–Kier alpha value is -1.10. The smallest absolute Gasteiger partial charge is 0.165 e. The van der Waals surface area contributed by atoms with Crippen LogP contribution in [0.4, 0.5) is 5.82 Å². The predicted molar refractivity (Wildman–Crippen MR) is 50.1 cm³/mol. The van der Waals surface area contributed by atoms with Crippen LogP contribution in [-0.2, 0) is 11.3 Å². The summed E-state index contributed by atoms with van der Waals surface area (Å²) in [6, 6.07) is 0. The van der Waals surface area contributed by atoms with Gasteiger partial charge in [-0.3, -0.25) is 0 Å². The Labute approximate surface area is 77.9 Å². The van der Waals surface area contributed by atoms with Gasteiger partial charge in [-0.25, -0.2) is 4.68 Å². The van der Waals surface area contributed by atoms with Gasteiger partial charge in [0.25, 0.3) is 0 Å². The number of aromatic nitrogens is 3. The Bertz CT molecular complexity index is 258. The van der Waals surface area contributed by atoms with E-state index in [9.17, 15) is 0 Å². The fraction of sp³-hybridized carbons (Fsp3) is 0.750. The van der Waals surface area contributed by atoms with E-state index < -0.39 is 0 Å². The van der Waals surface area contributed by atoms with Gasteiger partial charge in [0.2, 0.25) is 0 Å². The summed E-state index contributed by atoms with van der Waals surface area (Å²) in [5.74, 6) is 0.897. The van der Waals surface area contributed by atoms with Crippen molar-refractivity contribution in [1.29, 1.82) is 0 Å². The van der Waals surface area contributed by atoms with Crippen molar-refractivity contribution in [1.82, 2.24) is 15.0 Å². The molecular weight excluding hydrogens is 168 g/mol. The molecule has 0 amide bonds. The molecule has 2 N–H and O–H groups in total. The molecule has 0 aliphatic rings. The summed E-state index contributed by atoms with van der Waals surface area (Å²) < 4.78 is 6.99. The van der Waals surface area contributed by atoms with E-state index in [1.165, 1.54) is 0 Å². The highest BCUT2D eigenvalue weighted by Gasteiger charge is 2.13. The maximum Gasteiger partial charge on any atom is 0.165 e. The number of ether oxygens (including phenoxy) is 1. The molecule has 0 radical (unpaired) electrons. The third kappa shape index (κ3) is 2.69. The molecule has 0 aliphatic heterocycles. The van der Waals surface area contributed by atoms with Crippen molar-refractivity contribution < 1.29 is 4.74 Å². The molecule has 1 aromatic heterocycles. The molecule has 13 heavy (non-hydrogen) atoms. The third-order valence-electron chi connectivity index (χ3n) is 1.97. The van der Waals surface area contributed by atoms with Crippen LogP contribution in [0.15, 0.2) is 6.20 Å². The van der Waals surface area contributed by atoms with Gasteiger partial charge in [0.05, 0.1) is 18.8 Å². The number of nitrogens with zero attached hydrogens (tertiary/aromatic N) is 3. The molecule has 1 heterocycles. The molecule has 0 saturated heterocycles. The largest absolute Gasteiger partial charge is 0.381 e. The van der Waals surface area contributed by atoms with Crippen molar-refractivity contribution in [2.45, 2.75) is 26.5 Å².